The van der Waals surface area contributed by atoms with E-state index in [1.165, 1.54) is 0 Å². The van der Waals surface area contributed by atoms with Gasteiger partial charge >= 0.3 is 0 Å². The molecule has 1 heterocycles. The van der Waals surface area contributed by atoms with Crippen LogP contribution in [0.25, 0.3) is 0 Å². The highest BCUT2D eigenvalue weighted by atomic mass is 16.2. The number of hydrogen-bond donors (Lipinski definition) is 0. The largest absolute Gasteiger partial charge is 0.337 e. The Bertz CT molecular complexity index is 310. The van der Waals surface area contributed by atoms with Gasteiger partial charge < -0.3 is 4.90 Å². The highest BCUT2D eigenvalue weighted by Crippen LogP contribution is 2.21. The lowest BCUT2D eigenvalue weighted by Gasteiger charge is -2.03. The predicted octanol–water partition coefficient (Wildman–Crippen LogP) is 1.68. The molecule has 0 saturated carbocycles. The van der Waals surface area contributed by atoms with Gasteiger partial charge in [0.05, 0.1) is 0 Å². The van der Waals surface area contributed by atoms with Gasteiger partial charge in [-0.1, -0.05) is 31.4 Å². The Morgan fingerprint density at radius 2 is 1.92 bits per heavy atom. The molecule has 0 aromatic rings. The molecular weight excluding hydrogens is 162 g/mol. The molecule has 1 aliphatic heterocycles. The Balaban J connectivity index is 3.07. The topological polar surface area (TPSA) is 20.3 Å². The van der Waals surface area contributed by atoms with Crippen LogP contribution in [0.1, 0.15) is 0 Å². The lowest BCUT2D eigenvalue weighted by molar-refractivity contribution is -0.123. The van der Waals surface area contributed by atoms with Crippen LogP contribution < -0.4 is 0 Å². The third-order valence-electron chi connectivity index (χ3n) is 1.93. The van der Waals surface area contributed by atoms with Crippen LogP contribution >= 0.6 is 0 Å². The molecule has 0 radical (unpaired) electrons. The second-order valence-corrected chi connectivity index (χ2v) is 2.90. The summed E-state index contributed by atoms with van der Waals surface area (Å²) in [7, 11) is 1.78. The van der Waals surface area contributed by atoms with Gasteiger partial charge in [-0.05, 0) is 11.6 Å². The van der Waals surface area contributed by atoms with Crippen LogP contribution in [0.3, 0.4) is 0 Å². The van der Waals surface area contributed by atoms with Crippen LogP contribution in [-0.4, -0.2) is 24.4 Å². The second-order valence-electron chi connectivity index (χ2n) is 2.90. The van der Waals surface area contributed by atoms with E-state index in [9.17, 15) is 4.79 Å². The van der Waals surface area contributed by atoms with Crippen molar-refractivity contribution in [2.24, 2.45) is 0 Å². The van der Waals surface area contributed by atoms with E-state index in [1.807, 2.05) is 6.08 Å². The average Bonchev–Trinajstić information content (AvgIpc) is 2.34. The van der Waals surface area contributed by atoms with Crippen molar-refractivity contribution in [3.8, 4) is 0 Å². The van der Waals surface area contributed by atoms with Crippen LogP contribution in [0.4, 0.5) is 0 Å². The molecule has 1 amide bonds. The number of nitrogens with zero attached hydrogens (tertiary/aromatic N) is 1. The molecular formula is C11H13NO. The zero-order valence-electron chi connectivity index (χ0n) is 7.79. The fourth-order valence-electron chi connectivity index (χ4n) is 1.34. The van der Waals surface area contributed by atoms with Crippen molar-refractivity contribution in [2.75, 3.05) is 13.6 Å². The van der Waals surface area contributed by atoms with Crippen LogP contribution in [0, 0.1) is 0 Å². The van der Waals surface area contributed by atoms with Crippen molar-refractivity contribution in [3.05, 3.63) is 48.6 Å². The molecule has 0 N–H and O–H groups in total. The van der Waals surface area contributed by atoms with Crippen LogP contribution in [0.15, 0.2) is 48.6 Å². The lowest BCUT2D eigenvalue weighted by Crippen LogP contribution is -2.18. The van der Waals surface area contributed by atoms with Gasteiger partial charge in [-0.15, -0.1) is 0 Å². The minimum Gasteiger partial charge on any atom is -0.337 e. The summed E-state index contributed by atoms with van der Waals surface area (Å²) in [6.07, 6.45) is 6.92. The van der Waals surface area contributed by atoms with Crippen molar-refractivity contribution in [1.82, 2.24) is 4.90 Å². The molecule has 2 nitrogen and oxygen atoms in total. The minimum absolute atomic E-state index is 0.0491. The van der Waals surface area contributed by atoms with Crippen molar-refractivity contribution >= 4 is 5.91 Å². The van der Waals surface area contributed by atoms with E-state index >= 15 is 0 Å². The summed E-state index contributed by atoms with van der Waals surface area (Å²) in [6, 6.07) is 0. The van der Waals surface area contributed by atoms with Gasteiger partial charge in [0.2, 0.25) is 0 Å². The lowest BCUT2D eigenvalue weighted by atomic mass is 10.1. The normalized spacial score (nSPS) is 22.8. The third kappa shape index (κ3) is 1.78. The summed E-state index contributed by atoms with van der Waals surface area (Å²) >= 11 is 0. The van der Waals surface area contributed by atoms with E-state index in [0.29, 0.717) is 6.54 Å². The second kappa shape index (κ2) is 3.90. The first-order chi connectivity index (χ1) is 6.20. The first kappa shape index (κ1) is 9.52. The Morgan fingerprint density at radius 1 is 1.31 bits per heavy atom. The Kier molecular flexibility index (Phi) is 2.85. The van der Waals surface area contributed by atoms with Gasteiger partial charge in [0.15, 0.2) is 0 Å². The molecule has 0 aliphatic carbocycles. The molecule has 1 fully saturated rings. The molecule has 1 rings (SSSR count). The molecule has 1 saturated heterocycles. The average molecular weight is 175 g/mol. The zero-order valence-corrected chi connectivity index (χ0v) is 7.79. The summed E-state index contributed by atoms with van der Waals surface area (Å²) in [5.74, 6) is 0.0491. The number of likely N-dealkylation sites (N-methyl/N-ethyl adjacent to an activating group) is 1. The number of carbonyl (C=O) groups is 1. The Morgan fingerprint density at radius 3 is 2.46 bits per heavy atom. The Labute approximate surface area is 78.5 Å². The van der Waals surface area contributed by atoms with E-state index in [2.05, 4.69) is 13.2 Å². The molecule has 0 aromatic heterocycles. The summed E-state index contributed by atoms with van der Waals surface area (Å²) in [5, 5.41) is 0. The monoisotopic (exact) mass is 175 g/mol. The van der Waals surface area contributed by atoms with Gasteiger partial charge in [0.1, 0.15) is 0 Å². The summed E-state index contributed by atoms with van der Waals surface area (Å²) < 4.78 is 0. The first-order valence-corrected chi connectivity index (χ1v) is 4.11. The molecule has 1 aliphatic rings. The van der Waals surface area contributed by atoms with Crippen molar-refractivity contribution in [3.63, 3.8) is 0 Å². The first-order valence-electron chi connectivity index (χ1n) is 4.11. The van der Waals surface area contributed by atoms with Crippen molar-refractivity contribution in [1.29, 1.82) is 0 Å². The molecule has 2 heteroatoms. The summed E-state index contributed by atoms with van der Waals surface area (Å²) in [4.78, 5) is 13.2. The number of amides is 1. The van der Waals surface area contributed by atoms with Crippen molar-refractivity contribution in [2.45, 2.75) is 0 Å². The number of likely N-dealkylation sites (tertiary alicyclic amines) is 1. The molecule has 0 unspecified atom stereocenters. The van der Waals surface area contributed by atoms with Gasteiger partial charge in [0, 0.05) is 19.2 Å². The third-order valence-corrected chi connectivity index (χ3v) is 1.93. The molecule has 0 aromatic carbocycles. The quantitative estimate of drug-likeness (QED) is 0.585. The maximum absolute atomic E-state index is 11.5. The van der Waals surface area contributed by atoms with Crippen molar-refractivity contribution < 1.29 is 4.79 Å². The number of allylic oxidation sites excluding steroid dienone is 4. The highest BCUT2D eigenvalue weighted by Gasteiger charge is 2.26. The van der Waals surface area contributed by atoms with Crippen LogP contribution in [0.5, 0.6) is 0 Å². The molecule has 0 bridgehead atoms. The minimum atomic E-state index is 0.0491. The van der Waals surface area contributed by atoms with Gasteiger partial charge in [-0.25, -0.2) is 0 Å². The fourth-order valence-corrected chi connectivity index (χ4v) is 1.34. The van der Waals surface area contributed by atoms with Gasteiger partial charge in [-0.2, -0.15) is 0 Å². The van der Waals surface area contributed by atoms with Gasteiger partial charge in [-0.3, -0.25) is 4.79 Å². The smallest absolute Gasteiger partial charge is 0.254 e. The zero-order chi connectivity index (χ0) is 9.84. The van der Waals surface area contributed by atoms with Crippen LogP contribution in [-0.2, 0) is 4.79 Å². The van der Waals surface area contributed by atoms with E-state index in [1.54, 1.807) is 30.2 Å². The maximum atomic E-state index is 11.5. The molecule has 68 valence electrons. The van der Waals surface area contributed by atoms with E-state index in [-0.39, 0.29) is 5.91 Å². The SMILES string of the molecule is C=C/C=C1/CN(C)C(=O)/C1=C/C=C. The summed E-state index contributed by atoms with van der Waals surface area (Å²) in [5.41, 5.74) is 1.72. The maximum Gasteiger partial charge on any atom is 0.254 e. The number of hydrogen-bond acceptors (Lipinski definition) is 1. The van der Waals surface area contributed by atoms with Crippen LogP contribution in [0.2, 0.25) is 0 Å². The predicted molar refractivity (Wildman–Crippen MR) is 54.2 cm³/mol. The van der Waals surface area contributed by atoms with Gasteiger partial charge in [0.25, 0.3) is 5.91 Å². The molecule has 13 heavy (non-hydrogen) atoms. The van der Waals surface area contributed by atoms with E-state index in [0.717, 1.165) is 11.1 Å². The number of carbonyl (C=O) groups excluding carboxylic acids is 1. The van der Waals surface area contributed by atoms with E-state index in [4.69, 9.17) is 0 Å². The fraction of sp³-hybridized carbons (Fsp3) is 0.182. The standard InChI is InChI=1S/C11H13NO/c1-4-6-9-8-12(3)11(13)10(9)7-5-2/h4-7H,1-2,8H2,3H3/b9-6-,10-7+. The number of rotatable bonds is 2. The van der Waals surface area contributed by atoms with E-state index < -0.39 is 0 Å². The molecule has 0 atom stereocenters. The highest BCUT2D eigenvalue weighted by molar-refractivity contribution is 6.01. The molecule has 0 spiro atoms. The Hall–Kier alpha value is -1.57. The summed E-state index contributed by atoms with van der Waals surface area (Å²) in [6.45, 7) is 7.84.